The molecule has 0 saturated carbocycles. The van der Waals surface area contributed by atoms with Crippen LogP contribution in [0.1, 0.15) is 16.1 Å². The number of aromatic nitrogens is 1. The number of carbonyl (C=O) groups excluding carboxylic acids is 1. The quantitative estimate of drug-likeness (QED) is 0.492. The number of thiocarbonyl (C=S) groups is 1. The normalized spacial score (nSPS) is 10.2. The molecule has 1 amide bonds. The fourth-order valence-electron chi connectivity index (χ4n) is 2.54. The first-order chi connectivity index (χ1) is 14.0. The van der Waals surface area contributed by atoms with Crippen molar-refractivity contribution in [3.05, 3.63) is 77.1 Å². The SMILES string of the molecule is COc1cc(C)c(Cl)cc1NC(=S)Nc1ccc(NC(=O)c2ccccn2)cc1. The Labute approximate surface area is 179 Å². The van der Waals surface area contributed by atoms with Gasteiger partial charge in [0, 0.05) is 22.6 Å². The summed E-state index contributed by atoms with van der Waals surface area (Å²) < 4.78 is 5.37. The molecular formula is C21H19ClN4O2S. The lowest BCUT2D eigenvalue weighted by molar-refractivity contribution is 0.102. The summed E-state index contributed by atoms with van der Waals surface area (Å²) in [5, 5.41) is 9.96. The molecule has 1 heterocycles. The fourth-order valence-corrected chi connectivity index (χ4v) is 2.93. The average Bonchev–Trinajstić information content (AvgIpc) is 2.72. The maximum atomic E-state index is 12.1. The first-order valence-electron chi connectivity index (χ1n) is 8.71. The molecule has 2 aromatic carbocycles. The van der Waals surface area contributed by atoms with Crippen molar-refractivity contribution in [3.63, 3.8) is 0 Å². The van der Waals surface area contributed by atoms with E-state index in [9.17, 15) is 4.79 Å². The number of aryl methyl sites for hydroxylation is 1. The number of carbonyl (C=O) groups is 1. The van der Waals surface area contributed by atoms with Crippen LogP contribution in [0.5, 0.6) is 5.75 Å². The van der Waals surface area contributed by atoms with Crippen LogP contribution in [0.4, 0.5) is 17.1 Å². The Morgan fingerprint density at radius 1 is 1.03 bits per heavy atom. The Morgan fingerprint density at radius 2 is 1.72 bits per heavy atom. The minimum atomic E-state index is -0.271. The number of benzene rings is 2. The Bertz CT molecular complexity index is 1030. The van der Waals surface area contributed by atoms with Gasteiger partial charge in [-0.1, -0.05) is 17.7 Å². The lowest BCUT2D eigenvalue weighted by Crippen LogP contribution is -2.19. The molecule has 8 heteroatoms. The van der Waals surface area contributed by atoms with Crippen molar-refractivity contribution in [2.75, 3.05) is 23.1 Å². The van der Waals surface area contributed by atoms with Crippen LogP contribution < -0.4 is 20.7 Å². The maximum absolute atomic E-state index is 12.1. The van der Waals surface area contributed by atoms with Gasteiger partial charge < -0.3 is 20.7 Å². The van der Waals surface area contributed by atoms with Gasteiger partial charge >= 0.3 is 0 Å². The molecule has 1 aromatic heterocycles. The number of pyridine rings is 1. The predicted octanol–water partition coefficient (Wildman–Crippen LogP) is 5.11. The molecule has 0 spiro atoms. The molecule has 0 aliphatic heterocycles. The van der Waals surface area contributed by atoms with E-state index in [1.54, 1.807) is 61.8 Å². The molecule has 0 fully saturated rings. The van der Waals surface area contributed by atoms with Gasteiger partial charge in [-0.2, -0.15) is 0 Å². The standard InChI is InChI=1S/C21H19ClN4O2S/c1-13-11-19(28-2)18(12-16(13)22)26-21(29)25-15-8-6-14(7-9-15)24-20(27)17-5-3-4-10-23-17/h3-12H,1-2H3,(H,24,27)(H2,25,26,29). The van der Waals surface area contributed by atoms with Gasteiger partial charge in [0.25, 0.3) is 5.91 Å². The van der Waals surface area contributed by atoms with Gasteiger partial charge in [-0.3, -0.25) is 9.78 Å². The molecule has 3 aromatic rings. The van der Waals surface area contributed by atoms with Crippen molar-refractivity contribution < 1.29 is 9.53 Å². The van der Waals surface area contributed by atoms with Crippen LogP contribution in [-0.2, 0) is 0 Å². The fraction of sp³-hybridized carbons (Fsp3) is 0.0952. The largest absolute Gasteiger partial charge is 0.495 e. The van der Waals surface area contributed by atoms with Gasteiger partial charge in [0.05, 0.1) is 12.8 Å². The summed E-state index contributed by atoms with van der Waals surface area (Å²) >= 11 is 11.6. The van der Waals surface area contributed by atoms with E-state index >= 15 is 0 Å². The second-order valence-electron chi connectivity index (χ2n) is 6.13. The third kappa shape index (κ3) is 5.43. The molecule has 29 heavy (non-hydrogen) atoms. The summed E-state index contributed by atoms with van der Waals surface area (Å²) in [6, 6.07) is 15.9. The van der Waals surface area contributed by atoms with Crippen LogP contribution in [0.15, 0.2) is 60.8 Å². The zero-order chi connectivity index (χ0) is 20.8. The van der Waals surface area contributed by atoms with Crippen molar-refractivity contribution in [1.29, 1.82) is 0 Å². The third-order valence-electron chi connectivity index (χ3n) is 4.03. The van der Waals surface area contributed by atoms with Crippen LogP contribution in [0.25, 0.3) is 0 Å². The van der Waals surface area contributed by atoms with Gasteiger partial charge in [0.15, 0.2) is 5.11 Å². The Morgan fingerprint density at radius 3 is 2.34 bits per heavy atom. The zero-order valence-electron chi connectivity index (χ0n) is 15.8. The van der Waals surface area contributed by atoms with Crippen molar-refractivity contribution in [2.45, 2.75) is 6.92 Å². The number of anilines is 3. The van der Waals surface area contributed by atoms with Crippen LogP contribution in [-0.4, -0.2) is 23.1 Å². The first-order valence-corrected chi connectivity index (χ1v) is 9.49. The predicted molar refractivity (Wildman–Crippen MR) is 121 cm³/mol. The van der Waals surface area contributed by atoms with Crippen molar-refractivity contribution in [2.24, 2.45) is 0 Å². The summed E-state index contributed by atoms with van der Waals surface area (Å²) in [5.41, 5.74) is 3.34. The number of rotatable bonds is 5. The van der Waals surface area contributed by atoms with E-state index in [0.29, 0.717) is 33.0 Å². The molecule has 0 saturated heterocycles. The Hall–Kier alpha value is -3.16. The summed E-state index contributed by atoms with van der Waals surface area (Å²) in [6.45, 7) is 1.90. The summed E-state index contributed by atoms with van der Waals surface area (Å²) in [7, 11) is 1.59. The number of nitrogens with zero attached hydrogens (tertiary/aromatic N) is 1. The molecule has 0 radical (unpaired) electrons. The molecule has 0 unspecified atom stereocenters. The smallest absolute Gasteiger partial charge is 0.274 e. The van der Waals surface area contributed by atoms with Crippen molar-refractivity contribution in [1.82, 2.24) is 4.98 Å². The minimum absolute atomic E-state index is 0.271. The van der Waals surface area contributed by atoms with E-state index in [1.165, 1.54) is 0 Å². The van der Waals surface area contributed by atoms with Crippen LogP contribution in [0.2, 0.25) is 5.02 Å². The number of halogens is 1. The number of hydrogen-bond donors (Lipinski definition) is 3. The summed E-state index contributed by atoms with van der Waals surface area (Å²) in [5.74, 6) is 0.371. The molecule has 6 nitrogen and oxygen atoms in total. The molecule has 148 valence electrons. The van der Waals surface area contributed by atoms with Crippen LogP contribution in [0, 0.1) is 6.92 Å². The number of ether oxygens (including phenoxy) is 1. The van der Waals surface area contributed by atoms with Crippen LogP contribution >= 0.6 is 23.8 Å². The van der Waals surface area contributed by atoms with E-state index in [4.69, 9.17) is 28.6 Å². The van der Waals surface area contributed by atoms with Crippen molar-refractivity contribution in [3.8, 4) is 5.75 Å². The molecule has 3 N–H and O–H groups in total. The van der Waals surface area contributed by atoms with Gasteiger partial charge in [0.1, 0.15) is 11.4 Å². The van der Waals surface area contributed by atoms with E-state index in [1.807, 2.05) is 13.0 Å². The highest BCUT2D eigenvalue weighted by Crippen LogP contribution is 2.31. The second-order valence-corrected chi connectivity index (χ2v) is 6.94. The molecule has 0 bridgehead atoms. The lowest BCUT2D eigenvalue weighted by atomic mass is 10.2. The van der Waals surface area contributed by atoms with E-state index in [0.717, 1.165) is 11.3 Å². The third-order valence-corrected chi connectivity index (χ3v) is 4.64. The minimum Gasteiger partial charge on any atom is -0.495 e. The summed E-state index contributed by atoms with van der Waals surface area (Å²) in [4.78, 5) is 16.2. The lowest BCUT2D eigenvalue weighted by Gasteiger charge is -2.15. The van der Waals surface area contributed by atoms with E-state index < -0.39 is 0 Å². The van der Waals surface area contributed by atoms with Crippen molar-refractivity contribution >= 4 is 51.9 Å². The van der Waals surface area contributed by atoms with Gasteiger partial charge in [-0.25, -0.2) is 0 Å². The monoisotopic (exact) mass is 426 g/mol. The molecule has 0 aliphatic carbocycles. The Balaban J connectivity index is 1.62. The maximum Gasteiger partial charge on any atom is 0.274 e. The van der Waals surface area contributed by atoms with Gasteiger partial charge in [0.2, 0.25) is 0 Å². The zero-order valence-corrected chi connectivity index (χ0v) is 17.4. The Kier molecular flexibility index (Phi) is 6.64. The average molecular weight is 427 g/mol. The number of amides is 1. The first kappa shape index (κ1) is 20.6. The van der Waals surface area contributed by atoms with Gasteiger partial charge in [-0.15, -0.1) is 0 Å². The number of nitrogens with one attached hydrogen (secondary N) is 3. The van der Waals surface area contributed by atoms with E-state index in [-0.39, 0.29) is 5.91 Å². The van der Waals surface area contributed by atoms with Crippen LogP contribution in [0.3, 0.4) is 0 Å². The van der Waals surface area contributed by atoms with Gasteiger partial charge in [-0.05, 0) is 73.2 Å². The molecule has 0 atom stereocenters. The molecule has 0 aliphatic rings. The highest BCUT2D eigenvalue weighted by atomic mass is 35.5. The summed E-state index contributed by atoms with van der Waals surface area (Å²) in [6.07, 6.45) is 1.58. The number of hydrogen-bond acceptors (Lipinski definition) is 4. The molecule has 3 rings (SSSR count). The topological polar surface area (TPSA) is 75.3 Å². The highest BCUT2D eigenvalue weighted by molar-refractivity contribution is 7.80. The second kappa shape index (κ2) is 9.36. The number of methoxy groups -OCH3 is 1. The molecular weight excluding hydrogens is 408 g/mol. The van der Waals surface area contributed by atoms with E-state index in [2.05, 4.69) is 20.9 Å². The highest BCUT2D eigenvalue weighted by Gasteiger charge is 2.10.